The average molecular weight is 220 g/mol. The first-order valence-corrected chi connectivity index (χ1v) is 6.18. The molecule has 0 atom stereocenters. The Labute approximate surface area is 101 Å². The van der Waals surface area contributed by atoms with Crippen LogP contribution in [0.2, 0.25) is 0 Å². The van der Waals surface area contributed by atoms with Gasteiger partial charge >= 0.3 is 0 Å². The highest BCUT2D eigenvalue weighted by Gasteiger charge is 2.33. The lowest BCUT2D eigenvalue weighted by molar-refractivity contribution is -0.592. The molecule has 0 unspecified atom stereocenters. The van der Waals surface area contributed by atoms with Crippen molar-refractivity contribution in [3.63, 3.8) is 0 Å². The van der Waals surface area contributed by atoms with Gasteiger partial charge in [0.25, 0.3) is 0 Å². The molecule has 1 aliphatic heterocycles. The minimum absolute atomic E-state index is 0.193. The highest BCUT2D eigenvalue weighted by atomic mass is 15.1. The maximum Gasteiger partial charge on any atom is 0.162 e. The van der Waals surface area contributed by atoms with Gasteiger partial charge in [0.05, 0.1) is 0 Å². The van der Waals surface area contributed by atoms with E-state index < -0.39 is 0 Å². The molecule has 90 valence electrons. The highest BCUT2D eigenvalue weighted by Crippen LogP contribution is 2.23. The molecule has 0 N–H and O–H groups in total. The Kier molecular flexibility index (Phi) is 3.77. The quantitative estimate of drug-likeness (QED) is 0.546. The smallest absolute Gasteiger partial charge is 0.162 e. The van der Waals surface area contributed by atoms with Gasteiger partial charge in [-0.15, -0.1) is 0 Å². The van der Waals surface area contributed by atoms with Crippen LogP contribution in [-0.4, -0.2) is 22.4 Å². The summed E-state index contributed by atoms with van der Waals surface area (Å²) in [6, 6.07) is 0. The zero-order chi connectivity index (χ0) is 12.4. The third-order valence-corrected chi connectivity index (χ3v) is 2.98. The summed E-state index contributed by atoms with van der Waals surface area (Å²) in [5, 5.41) is 0. The fraction of sp³-hybridized carbons (Fsp3) is 0.667. The van der Waals surface area contributed by atoms with Crippen molar-refractivity contribution in [2.45, 2.75) is 53.5 Å². The van der Waals surface area contributed by atoms with E-state index in [1.54, 1.807) is 0 Å². The Bertz CT molecular complexity index is 295. The van der Waals surface area contributed by atoms with E-state index in [2.05, 4.69) is 70.4 Å². The lowest BCUT2D eigenvalue weighted by atomic mass is 9.86. The first kappa shape index (κ1) is 13.2. The van der Waals surface area contributed by atoms with E-state index in [1.165, 1.54) is 5.71 Å². The lowest BCUT2D eigenvalue weighted by Crippen LogP contribution is -2.42. The normalized spacial score (nSPS) is 22.6. The van der Waals surface area contributed by atoms with Gasteiger partial charge in [0.1, 0.15) is 0 Å². The van der Waals surface area contributed by atoms with Gasteiger partial charge in [-0.05, 0) is 26.8 Å². The van der Waals surface area contributed by atoms with Crippen LogP contribution in [0.15, 0.2) is 24.3 Å². The molecule has 0 fully saturated rings. The summed E-state index contributed by atoms with van der Waals surface area (Å²) in [5.74, 6) is 0. The van der Waals surface area contributed by atoms with Crippen molar-refractivity contribution < 1.29 is 4.58 Å². The van der Waals surface area contributed by atoms with Crippen LogP contribution in [-0.2, 0) is 0 Å². The molecule has 0 aliphatic carbocycles. The fourth-order valence-electron chi connectivity index (χ4n) is 2.11. The van der Waals surface area contributed by atoms with E-state index in [0.717, 1.165) is 13.0 Å². The first-order chi connectivity index (χ1) is 7.23. The number of allylic oxidation sites excluding steroid dienone is 3. The lowest BCUT2D eigenvalue weighted by Gasteiger charge is -2.27. The van der Waals surface area contributed by atoms with Crippen LogP contribution in [0.3, 0.4) is 0 Å². The Morgan fingerprint density at radius 1 is 0.938 bits per heavy atom. The van der Waals surface area contributed by atoms with Gasteiger partial charge < -0.3 is 0 Å². The van der Waals surface area contributed by atoms with Crippen molar-refractivity contribution in [1.82, 2.24) is 0 Å². The summed E-state index contributed by atoms with van der Waals surface area (Å²) in [7, 11) is 0. The zero-order valence-corrected chi connectivity index (χ0v) is 11.7. The molecule has 0 radical (unpaired) electrons. The van der Waals surface area contributed by atoms with E-state index in [4.69, 9.17) is 0 Å². The van der Waals surface area contributed by atoms with Crippen LogP contribution in [0.1, 0.15) is 48.0 Å². The Morgan fingerprint density at radius 3 is 2.00 bits per heavy atom. The molecule has 0 aromatic rings. The molecule has 1 aliphatic rings. The molecule has 1 heterocycles. The predicted octanol–water partition coefficient (Wildman–Crippen LogP) is 3.80. The van der Waals surface area contributed by atoms with Gasteiger partial charge in [-0.3, -0.25) is 0 Å². The van der Waals surface area contributed by atoms with Crippen molar-refractivity contribution in [2.75, 3.05) is 6.54 Å². The second-order valence-corrected chi connectivity index (χ2v) is 6.54. The summed E-state index contributed by atoms with van der Waals surface area (Å²) in [5.41, 5.74) is 1.96. The number of hydrogen-bond acceptors (Lipinski definition) is 0. The van der Waals surface area contributed by atoms with E-state index in [1.807, 2.05) is 0 Å². The van der Waals surface area contributed by atoms with Crippen LogP contribution in [0.25, 0.3) is 0 Å². The van der Waals surface area contributed by atoms with Gasteiger partial charge in [-0.1, -0.05) is 39.0 Å². The maximum absolute atomic E-state index is 2.53. The van der Waals surface area contributed by atoms with Crippen molar-refractivity contribution in [1.29, 1.82) is 0 Å². The second-order valence-electron chi connectivity index (χ2n) is 6.54. The van der Waals surface area contributed by atoms with E-state index in [9.17, 15) is 0 Å². The Hall–Kier alpha value is -0.850. The number of nitrogens with zero attached hydrogens (tertiary/aromatic N) is 1. The molecule has 1 nitrogen and oxygen atoms in total. The molecule has 0 aromatic carbocycles. The maximum atomic E-state index is 2.53. The van der Waals surface area contributed by atoms with Gasteiger partial charge in [-0.25, -0.2) is 4.58 Å². The summed E-state index contributed by atoms with van der Waals surface area (Å²) in [4.78, 5) is 0. The molecule has 0 spiro atoms. The van der Waals surface area contributed by atoms with Crippen molar-refractivity contribution in [2.24, 2.45) is 5.41 Å². The molecule has 0 amide bonds. The third kappa shape index (κ3) is 3.33. The minimum atomic E-state index is 0.193. The third-order valence-electron chi connectivity index (χ3n) is 2.98. The first-order valence-electron chi connectivity index (χ1n) is 6.18. The molecule has 0 aromatic heterocycles. The summed E-state index contributed by atoms with van der Waals surface area (Å²) >= 11 is 0. The summed E-state index contributed by atoms with van der Waals surface area (Å²) in [6.07, 6.45) is 9.87. The predicted molar refractivity (Wildman–Crippen MR) is 72.2 cm³/mol. The zero-order valence-electron chi connectivity index (χ0n) is 11.7. The van der Waals surface area contributed by atoms with Gasteiger partial charge in [0, 0.05) is 11.8 Å². The second kappa shape index (κ2) is 4.57. The molecule has 1 rings (SSSR count). The highest BCUT2D eigenvalue weighted by molar-refractivity contribution is 5.86. The molecule has 0 bridgehead atoms. The minimum Gasteiger partial charge on any atom is -0.228 e. The van der Waals surface area contributed by atoms with E-state index in [0.29, 0.717) is 0 Å². The average Bonchev–Trinajstić information content (AvgIpc) is 1.96. The molecular formula is C15H26N+. The number of rotatable bonds is 0. The van der Waals surface area contributed by atoms with Crippen molar-refractivity contribution in [3.8, 4) is 0 Å². The van der Waals surface area contributed by atoms with Gasteiger partial charge in [0.15, 0.2) is 17.8 Å². The topological polar surface area (TPSA) is 3.01 Å². The summed E-state index contributed by atoms with van der Waals surface area (Å²) < 4.78 is 2.53. The monoisotopic (exact) mass is 220 g/mol. The van der Waals surface area contributed by atoms with E-state index >= 15 is 0 Å². The molecule has 16 heavy (non-hydrogen) atoms. The van der Waals surface area contributed by atoms with Gasteiger partial charge in [-0.2, -0.15) is 0 Å². The molecular weight excluding hydrogens is 194 g/mol. The van der Waals surface area contributed by atoms with Crippen LogP contribution < -0.4 is 0 Å². The largest absolute Gasteiger partial charge is 0.228 e. The fourth-order valence-corrected chi connectivity index (χ4v) is 2.11. The Balaban J connectivity index is 3.26. The standard InChI is InChI=1S/C15H26N/c1-14(2,3)13-11-9-7-8-10-12-16(13)15(4,5)6/h7-10H,11-12H2,1-6H3/q+1/b9-7-,10-8-,16-13?. The van der Waals surface area contributed by atoms with Crippen molar-refractivity contribution >= 4 is 5.71 Å². The molecule has 1 heteroatoms. The van der Waals surface area contributed by atoms with Crippen LogP contribution in [0, 0.1) is 5.41 Å². The Morgan fingerprint density at radius 2 is 1.50 bits per heavy atom. The van der Waals surface area contributed by atoms with Crippen LogP contribution >= 0.6 is 0 Å². The number of hydrogen-bond donors (Lipinski definition) is 0. The van der Waals surface area contributed by atoms with Crippen LogP contribution in [0.4, 0.5) is 0 Å². The van der Waals surface area contributed by atoms with Gasteiger partial charge in [0.2, 0.25) is 0 Å². The van der Waals surface area contributed by atoms with E-state index in [-0.39, 0.29) is 11.0 Å². The SMILES string of the molecule is CC(C)(C)C1=[N+](C(C)(C)C)C/C=C\C=C/C1. The summed E-state index contributed by atoms with van der Waals surface area (Å²) in [6.45, 7) is 14.8. The van der Waals surface area contributed by atoms with Crippen LogP contribution in [0.5, 0.6) is 0 Å². The molecule has 0 saturated carbocycles. The van der Waals surface area contributed by atoms with Crippen molar-refractivity contribution in [3.05, 3.63) is 24.3 Å². The molecule has 0 saturated heterocycles.